The summed E-state index contributed by atoms with van der Waals surface area (Å²) in [7, 11) is 1.63. The van der Waals surface area contributed by atoms with E-state index in [1.165, 1.54) is 29.6 Å². The van der Waals surface area contributed by atoms with Crippen LogP contribution < -0.4 is 5.53 Å². The van der Waals surface area contributed by atoms with Gasteiger partial charge >= 0.3 is 11.9 Å². The van der Waals surface area contributed by atoms with E-state index < -0.39 is 5.97 Å². The summed E-state index contributed by atoms with van der Waals surface area (Å²) in [6.45, 7) is 2.40. The van der Waals surface area contributed by atoms with Crippen molar-refractivity contribution in [2.24, 2.45) is 0 Å². The first-order chi connectivity index (χ1) is 13.0. The van der Waals surface area contributed by atoms with Gasteiger partial charge in [-0.15, -0.1) is 5.53 Å². The van der Waals surface area contributed by atoms with Gasteiger partial charge in [-0.1, -0.05) is 6.07 Å². The lowest BCUT2D eigenvalue weighted by Crippen LogP contribution is -2.38. The van der Waals surface area contributed by atoms with Gasteiger partial charge in [0.25, 0.3) is 0 Å². The molecule has 0 radical (unpaired) electrons. The number of carbonyl (C=O) groups excluding carboxylic acids is 1. The predicted octanol–water partition coefficient (Wildman–Crippen LogP) is 2.09. The highest BCUT2D eigenvalue weighted by Gasteiger charge is 2.28. The third-order valence-corrected chi connectivity index (χ3v) is 4.87. The number of aromatic nitrogens is 1. The molecule has 2 aromatic rings. The van der Waals surface area contributed by atoms with Crippen LogP contribution in [-0.2, 0) is 16.1 Å². The highest BCUT2D eigenvalue weighted by molar-refractivity contribution is 5.91. The Labute approximate surface area is 156 Å². The van der Waals surface area contributed by atoms with Crippen molar-refractivity contribution < 1.29 is 19.4 Å². The summed E-state index contributed by atoms with van der Waals surface area (Å²) in [5, 5.41) is 12.3. The number of esters is 1. The molecule has 0 aromatic carbocycles. The molecule has 8 heteroatoms. The summed E-state index contributed by atoms with van der Waals surface area (Å²) in [6, 6.07) is 6.06. The number of ether oxygens (including phenoxy) is 1. The summed E-state index contributed by atoms with van der Waals surface area (Å²) >= 11 is 0. The molecular formula is C19H22N4O4. The van der Waals surface area contributed by atoms with Gasteiger partial charge in [0.15, 0.2) is 5.70 Å². The number of fused-ring (bicyclic) bond motifs is 1. The topological polar surface area (TPSA) is 86.5 Å². The molecule has 0 atom stereocenters. The van der Waals surface area contributed by atoms with Crippen molar-refractivity contribution in [3.05, 3.63) is 53.1 Å². The number of rotatable bonds is 6. The average molecular weight is 370 g/mol. The van der Waals surface area contributed by atoms with E-state index in [0.717, 1.165) is 11.1 Å². The summed E-state index contributed by atoms with van der Waals surface area (Å²) in [5.41, 5.74) is 6.46. The maximum Gasteiger partial charge on any atom is 0.355 e. The Hall–Kier alpha value is -3.00. The van der Waals surface area contributed by atoms with Crippen LogP contribution in [0.15, 0.2) is 36.3 Å². The molecule has 1 fully saturated rings. The molecule has 0 unspecified atom stereocenters. The van der Waals surface area contributed by atoms with Crippen molar-refractivity contribution in [3.63, 3.8) is 0 Å². The van der Waals surface area contributed by atoms with Gasteiger partial charge in [-0.25, -0.2) is 9.59 Å². The molecule has 0 spiro atoms. The molecule has 27 heavy (non-hydrogen) atoms. The Morgan fingerprint density at radius 1 is 1.33 bits per heavy atom. The van der Waals surface area contributed by atoms with Crippen molar-refractivity contribution in [2.75, 3.05) is 13.7 Å². The van der Waals surface area contributed by atoms with E-state index in [1.54, 1.807) is 19.0 Å². The number of nitrogens with one attached hydrogen (secondary N) is 1. The van der Waals surface area contributed by atoms with Crippen LogP contribution in [-0.4, -0.2) is 45.1 Å². The smallest absolute Gasteiger partial charge is 0.355 e. The highest BCUT2D eigenvalue weighted by Crippen LogP contribution is 2.40. The zero-order chi connectivity index (χ0) is 19.1. The standard InChI is InChI=1S/C19H22N4O4/c1-3-27-19(26)17-14(9-22-11-16(18(24)25)21(2)20-22)8-15-7-6-13(10-23(15)17)12-4-5-12/h6-8,10-12,20H,3-5,9H2,1-2H3,(H,24,25). The van der Waals surface area contributed by atoms with Crippen LogP contribution in [0, 0.1) is 0 Å². The average Bonchev–Trinajstić information content (AvgIpc) is 3.31. The maximum atomic E-state index is 12.6. The van der Waals surface area contributed by atoms with E-state index >= 15 is 0 Å². The normalized spacial score (nSPS) is 16.7. The fraction of sp³-hybridized carbons (Fsp3) is 0.368. The molecule has 4 rings (SSSR count). The van der Waals surface area contributed by atoms with E-state index in [0.29, 0.717) is 24.8 Å². The van der Waals surface area contributed by atoms with Gasteiger partial charge in [-0.3, -0.25) is 10.0 Å². The minimum Gasteiger partial charge on any atom is -0.476 e. The van der Waals surface area contributed by atoms with E-state index in [9.17, 15) is 14.7 Å². The molecule has 3 heterocycles. The largest absolute Gasteiger partial charge is 0.476 e. The third kappa shape index (κ3) is 3.23. The fourth-order valence-corrected chi connectivity index (χ4v) is 3.42. The van der Waals surface area contributed by atoms with Crippen LogP contribution in [0.5, 0.6) is 0 Å². The SMILES string of the molecule is CCOC(=O)c1c(CN2C=C(C(=O)O)N(C)N2)cc2ccc(C3CC3)cn12. The number of pyridine rings is 1. The van der Waals surface area contributed by atoms with Gasteiger partial charge in [0.1, 0.15) is 5.69 Å². The van der Waals surface area contributed by atoms with Crippen LogP contribution in [0.3, 0.4) is 0 Å². The number of carboxylic acid groups (broad SMARTS) is 1. The number of carbonyl (C=O) groups is 2. The van der Waals surface area contributed by atoms with E-state index in [-0.39, 0.29) is 11.7 Å². The maximum absolute atomic E-state index is 12.6. The quantitative estimate of drug-likeness (QED) is 0.753. The fourth-order valence-electron chi connectivity index (χ4n) is 3.42. The second kappa shape index (κ2) is 6.62. The van der Waals surface area contributed by atoms with Gasteiger partial charge in [0.05, 0.1) is 19.4 Å². The Morgan fingerprint density at radius 2 is 2.11 bits per heavy atom. The zero-order valence-corrected chi connectivity index (χ0v) is 15.3. The van der Waals surface area contributed by atoms with E-state index in [1.807, 2.05) is 22.7 Å². The number of hydrazine groups is 2. The molecule has 1 aliphatic heterocycles. The molecule has 1 aliphatic carbocycles. The summed E-state index contributed by atoms with van der Waals surface area (Å²) < 4.78 is 7.17. The first-order valence-electron chi connectivity index (χ1n) is 9.00. The summed E-state index contributed by atoms with van der Waals surface area (Å²) in [4.78, 5) is 23.9. The predicted molar refractivity (Wildman–Crippen MR) is 97.5 cm³/mol. The highest BCUT2D eigenvalue weighted by atomic mass is 16.5. The van der Waals surface area contributed by atoms with Crippen molar-refractivity contribution in [1.82, 2.24) is 20.0 Å². The van der Waals surface area contributed by atoms with Gasteiger partial charge in [-0.05, 0) is 43.4 Å². The van der Waals surface area contributed by atoms with Crippen LogP contribution in [0.2, 0.25) is 0 Å². The monoisotopic (exact) mass is 370 g/mol. The Bertz CT molecular complexity index is 945. The number of carboxylic acids is 1. The first-order valence-corrected chi connectivity index (χ1v) is 9.00. The Morgan fingerprint density at radius 3 is 2.74 bits per heavy atom. The van der Waals surface area contributed by atoms with E-state index in [2.05, 4.69) is 11.6 Å². The van der Waals surface area contributed by atoms with Gasteiger partial charge in [0, 0.05) is 24.3 Å². The molecule has 2 N–H and O–H groups in total. The Kier molecular flexibility index (Phi) is 4.27. The minimum absolute atomic E-state index is 0.132. The molecule has 142 valence electrons. The van der Waals surface area contributed by atoms with Crippen LogP contribution in [0.25, 0.3) is 5.52 Å². The third-order valence-electron chi connectivity index (χ3n) is 4.87. The number of likely N-dealkylation sites (N-methyl/N-ethyl adjacent to an activating group) is 1. The lowest BCUT2D eigenvalue weighted by molar-refractivity contribution is -0.134. The summed E-state index contributed by atoms with van der Waals surface area (Å²) in [6.07, 6.45) is 5.89. The van der Waals surface area contributed by atoms with Crippen LogP contribution >= 0.6 is 0 Å². The first kappa shape index (κ1) is 17.4. The number of hydrogen-bond donors (Lipinski definition) is 2. The summed E-state index contributed by atoms with van der Waals surface area (Å²) in [5.74, 6) is -0.824. The van der Waals surface area contributed by atoms with Crippen molar-refractivity contribution in [3.8, 4) is 0 Å². The molecular weight excluding hydrogens is 348 g/mol. The molecule has 1 saturated carbocycles. The zero-order valence-electron chi connectivity index (χ0n) is 15.3. The second-order valence-corrected chi connectivity index (χ2v) is 6.88. The molecule has 0 bridgehead atoms. The van der Waals surface area contributed by atoms with E-state index in [4.69, 9.17) is 4.74 Å². The van der Waals surface area contributed by atoms with Crippen LogP contribution in [0.1, 0.15) is 47.3 Å². The van der Waals surface area contributed by atoms with Gasteiger partial charge in [-0.2, -0.15) is 0 Å². The minimum atomic E-state index is -1.02. The second-order valence-electron chi connectivity index (χ2n) is 6.88. The van der Waals surface area contributed by atoms with Gasteiger partial charge in [0.2, 0.25) is 0 Å². The van der Waals surface area contributed by atoms with Crippen LogP contribution in [0.4, 0.5) is 0 Å². The molecule has 0 saturated heterocycles. The van der Waals surface area contributed by atoms with Crippen molar-refractivity contribution in [1.29, 1.82) is 0 Å². The number of hydrogen-bond acceptors (Lipinski definition) is 6. The van der Waals surface area contributed by atoms with Gasteiger partial charge < -0.3 is 14.2 Å². The molecule has 8 nitrogen and oxygen atoms in total. The lowest BCUT2D eigenvalue weighted by atomic mass is 10.2. The molecule has 2 aromatic heterocycles. The number of nitrogens with zero attached hydrogens (tertiary/aromatic N) is 3. The van der Waals surface area contributed by atoms with Crippen molar-refractivity contribution >= 4 is 17.5 Å². The lowest BCUT2D eigenvalue weighted by Gasteiger charge is -2.20. The number of aliphatic carboxylic acids is 1. The van der Waals surface area contributed by atoms with Crippen molar-refractivity contribution in [2.45, 2.75) is 32.2 Å². The molecule has 2 aliphatic rings. The molecule has 0 amide bonds. The Balaban J connectivity index is 1.72.